The fourth-order valence-corrected chi connectivity index (χ4v) is 10.3. The van der Waals surface area contributed by atoms with E-state index in [0.717, 1.165) is 64.2 Å². The Morgan fingerprint density at radius 3 is 1.34 bits per heavy atom. The molecule has 0 radical (unpaired) electrons. The highest BCUT2D eigenvalue weighted by molar-refractivity contribution is 5.76. The van der Waals surface area contributed by atoms with Crippen LogP contribution in [0.5, 0.6) is 0 Å². The number of aliphatic hydroxyl groups excluding tert-OH is 8. The van der Waals surface area contributed by atoms with Crippen molar-refractivity contribution in [3.8, 4) is 0 Å². The maximum absolute atomic E-state index is 13.3. The monoisotopic (exact) mass is 1160 g/mol. The molecule has 0 spiro atoms. The zero-order valence-electron chi connectivity index (χ0n) is 51.2. The highest BCUT2D eigenvalue weighted by atomic mass is 16.7. The van der Waals surface area contributed by atoms with Crippen molar-refractivity contribution in [3.05, 3.63) is 85.1 Å². The first-order valence-electron chi connectivity index (χ1n) is 32.8. The van der Waals surface area contributed by atoms with Crippen molar-refractivity contribution in [2.75, 3.05) is 19.8 Å². The minimum atomic E-state index is -1.80. The number of carbonyl (C=O) groups excluding carboxylic acids is 1. The van der Waals surface area contributed by atoms with Crippen molar-refractivity contribution in [3.63, 3.8) is 0 Å². The number of nitrogens with one attached hydrogen (secondary N) is 1. The number of allylic oxidation sites excluding steroid dienone is 13. The van der Waals surface area contributed by atoms with Gasteiger partial charge in [-0.1, -0.05) is 247 Å². The molecule has 12 atom stereocenters. The Bertz CT molecular complexity index is 1700. The summed E-state index contributed by atoms with van der Waals surface area (Å²) in [6, 6.07) is -0.956. The third kappa shape index (κ3) is 36.9. The average Bonchev–Trinajstić information content (AvgIpc) is 3.67. The van der Waals surface area contributed by atoms with Crippen LogP contribution in [0.15, 0.2) is 85.1 Å². The minimum absolute atomic E-state index is 0.230. The summed E-state index contributed by atoms with van der Waals surface area (Å²) in [5.74, 6) is -0.282. The van der Waals surface area contributed by atoms with Crippen LogP contribution in [0.1, 0.15) is 245 Å². The fourth-order valence-electron chi connectivity index (χ4n) is 10.3. The van der Waals surface area contributed by atoms with Gasteiger partial charge in [0.1, 0.15) is 48.8 Å². The van der Waals surface area contributed by atoms with Crippen LogP contribution < -0.4 is 5.32 Å². The van der Waals surface area contributed by atoms with E-state index in [1.165, 1.54) is 148 Å². The minimum Gasteiger partial charge on any atom is -0.394 e. The highest BCUT2D eigenvalue weighted by Crippen LogP contribution is 2.30. The van der Waals surface area contributed by atoms with Crippen LogP contribution in [0.4, 0.5) is 0 Å². The largest absolute Gasteiger partial charge is 0.394 e. The van der Waals surface area contributed by atoms with E-state index >= 15 is 0 Å². The summed E-state index contributed by atoms with van der Waals surface area (Å²) in [5.41, 5.74) is 0. The van der Waals surface area contributed by atoms with Gasteiger partial charge in [-0.25, -0.2) is 0 Å². The van der Waals surface area contributed by atoms with Gasteiger partial charge in [0, 0.05) is 6.42 Å². The first kappa shape index (κ1) is 75.3. The zero-order chi connectivity index (χ0) is 59.5. The quantitative estimate of drug-likeness (QED) is 0.0204. The highest BCUT2D eigenvalue weighted by Gasteiger charge is 2.51. The molecule has 0 saturated carbocycles. The van der Waals surface area contributed by atoms with Crippen LogP contribution in [0.25, 0.3) is 0 Å². The van der Waals surface area contributed by atoms with Crippen LogP contribution in [-0.2, 0) is 23.7 Å². The Labute approximate surface area is 497 Å². The maximum Gasteiger partial charge on any atom is 0.220 e. The summed E-state index contributed by atoms with van der Waals surface area (Å²) in [5, 5.41) is 87.2. The number of hydrogen-bond acceptors (Lipinski definition) is 13. The van der Waals surface area contributed by atoms with Crippen molar-refractivity contribution in [2.24, 2.45) is 0 Å². The van der Waals surface area contributed by atoms with E-state index in [4.69, 9.17) is 18.9 Å². The molecule has 12 unspecified atom stereocenters. The summed E-state index contributed by atoms with van der Waals surface area (Å²) < 4.78 is 22.8. The third-order valence-electron chi connectivity index (χ3n) is 15.6. The predicted molar refractivity (Wildman–Crippen MR) is 332 cm³/mol. The normalized spacial score (nSPS) is 24.5. The molecule has 0 aliphatic carbocycles. The number of rotatable bonds is 52. The number of hydrogen-bond donors (Lipinski definition) is 9. The molecule has 2 heterocycles. The van der Waals surface area contributed by atoms with Crippen molar-refractivity contribution in [2.45, 2.75) is 319 Å². The molecule has 14 nitrogen and oxygen atoms in total. The topological polar surface area (TPSA) is 228 Å². The average molecular weight is 1160 g/mol. The summed E-state index contributed by atoms with van der Waals surface area (Å²) in [6.07, 6.45) is 55.0. The van der Waals surface area contributed by atoms with Crippen molar-refractivity contribution >= 4 is 5.91 Å². The lowest BCUT2D eigenvalue weighted by molar-refractivity contribution is -0.359. The lowest BCUT2D eigenvalue weighted by Crippen LogP contribution is -2.65. The molecular formula is C68H119NO13. The van der Waals surface area contributed by atoms with Gasteiger partial charge in [0.05, 0.1) is 32.0 Å². The second-order valence-electron chi connectivity index (χ2n) is 22.9. The Hall–Kier alpha value is -2.83. The van der Waals surface area contributed by atoms with Crippen LogP contribution in [0, 0.1) is 0 Å². The molecule has 0 aromatic carbocycles. The molecule has 14 heteroatoms. The Morgan fingerprint density at radius 1 is 0.451 bits per heavy atom. The van der Waals surface area contributed by atoms with Gasteiger partial charge >= 0.3 is 0 Å². The first-order chi connectivity index (χ1) is 40.1. The SMILES string of the molecule is CC/C=C\C/C=C\C/C=C\C/C=C\C/C=C\CCCCCC(=O)NC(COC1OC(CO)C(OC2OC(CO)C(O)C(O)C2O)C(O)C1O)C(O)/C=C/CC/C=C/CCCCCCCCCCCCCCCCCCCCCCCCC. The number of amides is 1. The van der Waals surface area contributed by atoms with Gasteiger partial charge in [-0.05, 0) is 77.0 Å². The van der Waals surface area contributed by atoms with Crippen molar-refractivity contribution in [1.29, 1.82) is 0 Å². The summed E-state index contributed by atoms with van der Waals surface area (Å²) >= 11 is 0. The number of ether oxygens (including phenoxy) is 4. The Balaban J connectivity index is 1.74. The Morgan fingerprint density at radius 2 is 0.854 bits per heavy atom. The molecule has 2 saturated heterocycles. The van der Waals surface area contributed by atoms with Gasteiger partial charge < -0.3 is 65.1 Å². The lowest BCUT2D eigenvalue weighted by atomic mass is 9.97. The van der Waals surface area contributed by atoms with E-state index in [9.17, 15) is 45.6 Å². The number of unbranched alkanes of at least 4 members (excludes halogenated alkanes) is 27. The van der Waals surface area contributed by atoms with Crippen LogP contribution in [-0.4, -0.2) is 140 Å². The molecule has 9 N–H and O–H groups in total. The van der Waals surface area contributed by atoms with Crippen molar-refractivity contribution < 1.29 is 64.6 Å². The standard InChI is InChI=1S/C68H119NO13/c1-3-5-7-9-11-13-15-17-19-21-23-24-25-26-27-28-29-30-31-32-34-35-37-39-41-43-45-47-49-51-57(72)56(69-60(73)52-50-48-46-44-42-40-38-36-33-22-20-18-16-14-12-10-8-6-4-2)55-79-67-65(78)63(76)66(59(54-71)81-67)82-68-64(77)62(75)61(74)58(53-70)80-68/h6,8,12,14,18,20,33,36,40-43,49,51,56-59,61-68,70-72,74-78H,3-5,7,9-11,13,15-17,19,21-32,34-35,37-39,44-48,50,52-55H2,1-2H3,(H,69,73)/b8-6-,14-12-,20-18-,36-33-,42-40-,43-41+,51-49+. The van der Waals surface area contributed by atoms with Gasteiger partial charge in [-0.15, -0.1) is 0 Å². The molecule has 2 aliphatic rings. The maximum atomic E-state index is 13.3. The number of carbonyl (C=O) groups is 1. The second kappa shape index (κ2) is 52.5. The summed E-state index contributed by atoms with van der Waals surface area (Å²) in [6.45, 7) is 2.65. The van der Waals surface area contributed by atoms with E-state index in [-0.39, 0.29) is 18.9 Å². The van der Waals surface area contributed by atoms with Crippen LogP contribution >= 0.6 is 0 Å². The molecule has 2 aliphatic heterocycles. The smallest absolute Gasteiger partial charge is 0.220 e. The predicted octanol–water partition coefficient (Wildman–Crippen LogP) is 12.4. The summed E-state index contributed by atoms with van der Waals surface area (Å²) in [7, 11) is 0. The van der Waals surface area contributed by atoms with Gasteiger partial charge in [0.15, 0.2) is 12.6 Å². The molecule has 1 amide bonds. The van der Waals surface area contributed by atoms with Gasteiger partial charge in [-0.2, -0.15) is 0 Å². The van der Waals surface area contributed by atoms with E-state index in [0.29, 0.717) is 12.8 Å². The van der Waals surface area contributed by atoms with E-state index in [1.54, 1.807) is 6.08 Å². The molecule has 2 rings (SSSR count). The molecule has 82 heavy (non-hydrogen) atoms. The lowest BCUT2D eigenvalue weighted by Gasteiger charge is -2.46. The van der Waals surface area contributed by atoms with Crippen LogP contribution in [0.3, 0.4) is 0 Å². The molecule has 0 aromatic rings. The Kier molecular flexibility index (Phi) is 48.2. The van der Waals surface area contributed by atoms with Gasteiger partial charge in [-0.3, -0.25) is 4.79 Å². The van der Waals surface area contributed by atoms with Gasteiger partial charge in [0.25, 0.3) is 0 Å². The summed E-state index contributed by atoms with van der Waals surface area (Å²) in [4.78, 5) is 13.3. The fraction of sp³-hybridized carbons (Fsp3) is 0.779. The van der Waals surface area contributed by atoms with Crippen LogP contribution in [0.2, 0.25) is 0 Å². The van der Waals surface area contributed by atoms with E-state index < -0.39 is 86.8 Å². The number of aliphatic hydroxyl groups is 8. The molecule has 2 fully saturated rings. The molecule has 0 bridgehead atoms. The molecular weight excluding hydrogens is 1040 g/mol. The van der Waals surface area contributed by atoms with E-state index in [2.05, 4.69) is 92.1 Å². The van der Waals surface area contributed by atoms with Crippen molar-refractivity contribution in [1.82, 2.24) is 5.32 Å². The zero-order valence-corrected chi connectivity index (χ0v) is 51.2. The molecule has 0 aromatic heterocycles. The van der Waals surface area contributed by atoms with Gasteiger partial charge in [0.2, 0.25) is 5.91 Å². The first-order valence-corrected chi connectivity index (χ1v) is 32.8. The second-order valence-corrected chi connectivity index (χ2v) is 22.9. The molecule has 474 valence electrons. The van der Waals surface area contributed by atoms with E-state index in [1.807, 2.05) is 6.08 Å². The third-order valence-corrected chi connectivity index (χ3v) is 15.6.